The van der Waals surface area contributed by atoms with Crippen LogP contribution in [0.4, 0.5) is 23.7 Å². The fraction of sp³-hybridized carbons (Fsp3) is 0.571. The van der Waals surface area contributed by atoms with E-state index in [4.69, 9.17) is 21.7 Å². The third-order valence-electron chi connectivity index (χ3n) is 4.49. The molecule has 1 heterocycles. The molecule has 0 aromatic heterocycles. The van der Waals surface area contributed by atoms with E-state index in [1.54, 1.807) is 26.8 Å². The number of anilines is 1. The number of thiocarbonyl (C=S) groups is 2. The number of alkyl halides is 3. The van der Waals surface area contributed by atoms with Crippen LogP contribution in [0.1, 0.15) is 58.6 Å². The van der Waals surface area contributed by atoms with Crippen molar-refractivity contribution in [2.24, 2.45) is 0 Å². The Kier molecular flexibility index (Phi) is 8.69. The molecule has 1 aliphatic heterocycles. The normalized spacial score (nSPS) is 16.8. The topological polar surface area (TPSA) is 71.6 Å². The maximum absolute atomic E-state index is 12.5. The summed E-state index contributed by atoms with van der Waals surface area (Å²) in [7, 11) is 0. The lowest BCUT2D eigenvalue weighted by Crippen LogP contribution is -2.36. The number of ether oxygens (including phenoxy) is 2. The average Bonchev–Trinajstić information content (AvgIpc) is 2.65. The highest BCUT2D eigenvalue weighted by Crippen LogP contribution is 2.33. The minimum absolute atomic E-state index is 0.0866. The molecule has 3 N–H and O–H groups in total. The van der Waals surface area contributed by atoms with Crippen LogP contribution in [-0.4, -0.2) is 40.5 Å². The van der Waals surface area contributed by atoms with Gasteiger partial charge < -0.3 is 25.4 Å². The molecule has 32 heavy (non-hydrogen) atoms. The number of fused-ring (bicyclic) bond motifs is 1. The highest BCUT2D eigenvalue weighted by Gasteiger charge is 2.33. The van der Waals surface area contributed by atoms with E-state index < -0.39 is 28.9 Å². The summed E-state index contributed by atoms with van der Waals surface area (Å²) in [5.41, 5.74) is 0.819. The van der Waals surface area contributed by atoms with Gasteiger partial charge in [-0.25, -0.2) is 4.79 Å². The molecule has 2 atom stereocenters. The van der Waals surface area contributed by atoms with E-state index in [9.17, 15) is 18.0 Å². The highest BCUT2D eigenvalue weighted by molar-refractivity contribution is 7.80. The Morgan fingerprint density at radius 1 is 1.28 bits per heavy atom. The molecular weight excluding hydrogens is 463 g/mol. The SMILES string of the molecule is CC1Oc2ccc(C(CCCCNC(=S)C(F)(F)F)NC(=O)OC(C)(C)C)cc2NC1=S. The number of hydrogen-bond acceptors (Lipinski definition) is 5. The van der Waals surface area contributed by atoms with E-state index in [1.165, 1.54) is 0 Å². The van der Waals surface area contributed by atoms with Gasteiger partial charge in [0, 0.05) is 6.54 Å². The summed E-state index contributed by atoms with van der Waals surface area (Å²) in [5, 5.41) is 8.19. The van der Waals surface area contributed by atoms with E-state index in [1.807, 2.05) is 19.1 Å². The zero-order valence-corrected chi connectivity index (χ0v) is 20.0. The van der Waals surface area contributed by atoms with Gasteiger partial charge in [0.05, 0.1) is 11.7 Å². The lowest BCUT2D eigenvalue weighted by molar-refractivity contribution is -0.0591. The maximum Gasteiger partial charge on any atom is 0.441 e. The van der Waals surface area contributed by atoms with Gasteiger partial charge in [-0.3, -0.25) is 0 Å². The number of benzene rings is 1. The molecule has 0 aliphatic carbocycles. The van der Waals surface area contributed by atoms with E-state index in [2.05, 4.69) is 28.2 Å². The first-order valence-electron chi connectivity index (χ1n) is 10.2. The molecule has 6 nitrogen and oxygen atoms in total. The number of halogens is 3. The second-order valence-electron chi connectivity index (χ2n) is 8.45. The van der Waals surface area contributed by atoms with E-state index >= 15 is 0 Å². The molecule has 0 radical (unpaired) electrons. The Balaban J connectivity index is 2.06. The second-order valence-corrected chi connectivity index (χ2v) is 9.30. The number of unbranched alkanes of at least 4 members (excludes halogenated alkanes) is 1. The average molecular weight is 492 g/mol. The largest absolute Gasteiger partial charge is 0.481 e. The second kappa shape index (κ2) is 10.7. The van der Waals surface area contributed by atoms with Crippen molar-refractivity contribution in [2.45, 2.75) is 70.9 Å². The fourth-order valence-corrected chi connectivity index (χ4v) is 3.25. The van der Waals surface area contributed by atoms with Crippen LogP contribution in [0.15, 0.2) is 18.2 Å². The zero-order valence-electron chi connectivity index (χ0n) is 18.4. The van der Waals surface area contributed by atoms with Crippen molar-refractivity contribution in [3.8, 4) is 5.75 Å². The number of rotatable bonds is 7. The predicted molar refractivity (Wildman–Crippen MR) is 125 cm³/mol. The number of amides is 1. The van der Waals surface area contributed by atoms with Gasteiger partial charge in [-0.05, 0) is 64.7 Å². The quantitative estimate of drug-likeness (QED) is 0.347. The van der Waals surface area contributed by atoms with Gasteiger partial charge in [-0.2, -0.15) is 13.2 Å². The van der Waals surface area contributed by atoms with Crippen molar-refractivity contribution in [2.75, 3.05) is 11.9 Å². The predicted octanol–water partition coefficient (Wildman–Crippen LogP) is 5.42. The van der Waals surface area contributed by atoms with Crippen LogP contribution in [0.25, 0.3) is 0 Å². The lowest BCUT2D eigenvalue weighted by atomic mass is 9.99. The summed E-state index contributed by atoms with van der Waals surface area (Å²) in [6, 6.07) is 5.05. The molecule has 1 aliphatic rings. The van der Waals surface area contributed by atoms with E-state index in [0.717, 1.165) is 5.56 Å². The summed E-state index contributed by atoms with van der Waals surface area (Å²) in [6.07, 6.45) is -3.88. The molecule has 178 valence electrons. The van der Waals surface area contributed by atoms with Crippen LogP contribution >= 0.6 is 24.4 Å². The Labute approximate surface area is 196 Å². The Hall–Kier alpha value is -2.14. The van der Waals surface area contributed by atoms with Crippen LogP contribution in [0.3, 0.4) is 0 Å². The van der Waals surface area contributed by atoms with Crippen LogP contribution in [0.2, 0.25) is 0 Å². The van der Waals surface area contributed by atoms with Gasteiger partial charge in [0.25, 0.3) is 0 Å². The Bertz CT molecular complexity index is 857. The molecule has 1 aromatic carbocycles. The lowest BCUT2D eigenvalue weighted by Gasteiger charge is -2.28. The molecule has 1 aromatic rings. The van der Waals surface area contributed by atoms with Crippen LogP contribution in [0.5, 0.6) is 5.75 Å². The van der Waals surface area contributed by atoms with Crippen molar-refractivity contribution in [3.63, 3.8) is 0 Å². The first-order valence-corrected chi connectivity index (χ1v) is 11.0. The first kappa shape index (κ1) is 26.1. The molecule has 0 saturated carbocycles. The van der Waals surface area contributed by atoms with Crippen LogP contribution in [-0.2, 0) is 4.74 Å². The third kappa shape index (κ3) is 8.09. The number of nitrogens with one attached hydrogen (secondary N) is 3. The standard InChI is InChI=1S/C21H28F3N3O3S2/c1-12-17(31)26-15-11-13(8-9-16(15)29-12)14(27-19(28)30-20(2,3)4)7-5-6-10-25-18(32)21(22,23)24/h8-9,11-12,14H,5-7,10H2,1-4H3,(H,25,32)(H,26,31)(H,27,28). The summed E-state index contributed by atoms with van der Waals surface area (Å²) in [4.78, 5) is 11.8. The van der Waals surface area contributed by atoms with Crippen molar-refractivity contribution in [1.82, 2.24) is 10.6 Å². The smallest absolute Gasteiger partial charge is 0.441 e. The molecule has 0 saturated heterocycles. The number of alkyl carbamates (subject to hydrolysis) is 1. The fourth-order valence-electron chi connectivity index (χ4n) is 2.99. The Morgan fingerprint density at radius 2 is 1.97 bits per heavy atom. The maximum atomic E-state index is 12.5. The number of hydrogen-bond donors (Lipinski definition) is 3. The summed E-state index contributed by atoms with van der Waals surface area (Å²) >= 11 is 9.58. The van der Waals surface area contributed by atoms with Gasteiger partial charge in [0.15, 0.2) is 4.99 Å². The minimum Gasteiger partial charge on any atom is -0.481 e. The molecule has 0 bridgehead atoms. The molecular formula is C21H28F3N3O3S2. The summed E-state index contributed by atoms with van der Waals surface area (Å²) < 4.78 is 48.6. The number of carbonyl (C=O) groups is 1. The molecule has 0 spiro atoms. The molecule has 2 unspecified atom stereocenters. The van der Waals surface area contributed by atoms with Gasteiger partial charge in [-0.1, -0.05) is 30.5 Å². The monoisotopic (exact) mass is 491 g/mol. The Morgan fingerprint density at radius 3 is 2.59 bits per heavy atom. The van der Waals surface area contributed by atoms with Gasteiger partial charge in [-0.15, -0.1) is 0 Å². The van der Waals surface area contributed by atoms with Crippen molar-refractivity contribution in [3.05, 3.63) is 23.8 Å². The van der Waals surface area contributed by atoms with Crippen LogP contribution < -0.4 is 20.7 Å². The first-order chi connectivity index (χ1) is 14.8. The van der Waals surface area contributed by atoms with E-state index in [-0.39, 0.29) is 12.6 Å². The summed E-state index contributed by atoms with van der Waals surface area (Å²) in [5.74, 6) is 0.649. The molecule has 2 rings (SSSR count). The van der Waals surface area contributed by atoms with Gasteiger partial charge in [0.1, 0.15) is 22.4 Å². The van der Waals surface area contributed by atoms with Crippen LogP contribution in [0, 0.1) is 0 Å². The molecule has 1 amide bonds. The molecule has 11 heteroatoms. The molecule has 0 fully saturated rings. The van der Waals surface area contributed by atoms with E-state index in [0.29, 0.717) is 35.7 Å². The van der Waals surface area contributed by atoms with Gasteiger partial charge in [0.2, 0.25) is 0 Å². The zero-order chi connectivity index (χ0) is 24.1. The highest BCUT2D eigenvalue weighted by atomic mass is 32.1. The summed E-state index contributed by atoms with van der Waals surface area (Å²) in [6.45, 7) is 7.22. The van der Waals surface area contributed by atoms with Crippen molar-refractivity contribution < 1.29 is 27.4 Å². The minimum atomic E-state index is -4.54. The van der Waals surface area contributed by atoms with Crippen molar-refractivity contribution in [1.29, 1.82) is 0 Å². The third-order valence-corrected chi connectivity index (χ3v) is 5.30. The number of carbonyl (C=O) groups excluding carboxylic acids is 1. The van der Waals surface area contributed by atoms with Gasteiger partial charge >= 0.3 is 12.3 Å². The van der Waals surface area contributed by atoms with Crippen molar-refractivity contribution >= 4 is 46.2 Å².